The molecule has 1 rings (SSSR count). The van der Waals surface area contributed by atoms with Gasteiger partial charge in [-0.3, -0.25) is 9.98 Å². The van der Waals surface area contributed by atoms with E-state index in [4.69, 9.17) is 4.74 Å². The summed E-state index contributed by atoms with van der Waals surface area (Å²) >= 11 is 0. The highest BCUT2D eigenvalue weighted by Gasteiger charge is 2.09. The molecular weight excluding hydrogens is 379 g/mol. The summed E-state index contributed by atoms with van der Waals surface area (Å²) in [7, 11) is 3.47. The first-order chi connectivity index (χ1) is 9.63. The second-order valence-corrected chi connectivity index (χ2v) is 4.75. The van der Waals surface area contributed by atoms with Gasteiger partial charge in [-0.1, -0.05) is 13.3 Å². The van der Waals surface area contributed by atoms with Crippen LogP contribution in [-0.2, 0) is 6.54 Å². The molecule has 0 fully saturated rings. The number of rotatable bonds is 6. The summed E-state index contributed by atoms with van der Waals surface area (Å²) in [5.74, 6) is 1.71. The van der Waals surface area contributed by atoms with Gasteiger partial charge in [0.25, 0.3) is 0 Å². The predicted octanol–water partition coefficient (Wildman–Crippen LogP) is 2.79. The molecule has 0 atom stereocenters. The van der Waals surface area contributed by atoms with Crippen LogP contribution in [0.1, 0.15) is 36.6 Å². The summed E-state index contributed by atoms with van der Waals surface area (Å²) < 4.78 is 5.42. The highest BCUT2D eigenvalue weighted by molar-refractivity contribution is 14.0. The van der Waals surface area contributed by atoms with E-state index < -0.39 is 0 Å². The van der Waals surface area contributed by atoms with E-state index in [1.54, 1.807) is 14.2 Å². The molecule has 2 N–H and O–H groups in total. The van der Waals surface area contributed by atoms with Crippen LogP contribution in [0.3, 0.4) is 0 Å². The van der Waals surface area contributed by atoms with E-state index in [-0.39, 0.29) is 24.0 Å². The van der Waals surface area contributed by atoms with Crippen LogP contribution in [0.25, 0.3) is 0 Å². The van der Waals surface area contributed by atoms with Gasteiger partial charge in [-0.2, -0.15) is 0 Å². The van der Waals surface area contributed by atoms with Gasteiger partial charge in [-0.05, 0) is 20.3 Å². The van der Waals surface area contributed by atoms with Gasteiger partial charge >= 0.3 is 0 Å². The molecule has 0 saturated carbocycles. The van der Waals surface area contributed by atoms with Gasteiger partial charge in [0.2, 0.25) is 0 Å². The standard InChI is InChI=1S/C15H26N4O.HI/c1-6-7-8-17-15(16-4)19-10-13-12(3)14(20-5)11(2)9-18-13;/h9H,6-8,10H2,1-5H3,(H2,16,17,19);1H. The minimum Gasteiger partial charge on any atom is -0.496 e. The number of nitrogens with one attached hydrogen (secondary N) is 2. The number of guanidine groups is 1. The molecule has 1 aromatic heterocycles. The summed E-state index contributed by atoms with van der Waals surface area (Å²) in [5, 5.41) is 6.56. The van der Waals surface area contributed by atoms with Crippen LogP contribution in [0.5, 0.6) is 5.75 Å². The van der Waals surface area contributed by atoms with E-state index in [1.807, 2.05) is 20.0 Å². The molecule has 0 unspecified atom stereocenters. The summed E-state index contributed by atoms with van der Waals surface area (Å²) in [6.07, 6.45) is 4.15. The molecule has 0 amide bonds. The van der Waals surface area contributed by atoms with E-state index in [0.29, 0.717) is 6.54 Å². The summed E-state index contributed by atoms with van der Waals surface area (Å²) in [4.78, 5) is 8.66. The second-order valence-electron chi connectivity index (χ2n) is 4.75. The number of unbranched alkanes of at least 4 members (excludes halogenated alkanes) is 1. The van der Waals surface area contributed by atoms with Crippen LogP contribution < -0.4 is 15.4 Å². The molecule has 1 aromatic rings. The third-order valence-corrected chi connectivity index (χ3v) is 3.22. The Morgan fingerprint density at radius 3 is 2.62 bits per heavy atom. The molecule has 0 radical (unpaired) electrons. The largest absolute Gasteiger partial charge is 0.496 e. The van der Waals surface area contributed by atoms with E-state index in [9.17, 15) is 0 Å². The third kappa shape index (κ3) is 6.07. The summed E-state index contributed by atoms with van der Waals surface area (Å²) in [6, 6.07) is 0. The first-order valence-electron chi connectivity index (χ1n) is 7.07. The van der Waals surface area contributed by atoms with E-state index in [2.05, 4.69) is 27.5 Å². The Kier molecular flexibility index (Phi) is 10.1. The monoisotopic (exact) mass is 406 g/mol. The molecule has 0 bridgehead atoms. The van der Waals surface area contributed by atoms with Crippen LogP contribution in [0.4, 0.5) is 0 Å². The Hall–Kier alpha value is -1.05. The number of hydrogen-bond donors (Lipinski definition) is 2. The summed E-state index contributed by atoms with van der Waals surface area (Å²) in [5.41, 5.74) is 3.11. The minimum absolute atomic E-state index is 0. The third-order valence-electron chi connectivity index (χ3n) is 3.22. The van der Waals surface area contributed by atoms with Crippen molar-refractivity contribution in [3.05, 3.63) is 23.0 Å². The molecule has 1 heterocycles. The zero-order valence-corrected chi connectivity index (χ0v) is 15.9. The fourth-order valence-corrected chi connectivity index (χ4v) is 2.02. The maximum Gasteiger partial charge on any atom is 0.191 e. The molecule has 0 aliphatic heterocycles. The zero-order valence-electron chi connectivity index (χ0n) is 13.6. The van der Waals surface area contributed by atoms with Gasteiger partial charge in [-0.25, -0.2) is 0 Å². The lowest BCUT2D eigenvalue weighted by Crippen LogP contribution is -2.37. The van der Waals surface area contributed by atoms with Gasteiger partial charge in [0.1, 0.15) is 5.75 Å². The van der Waals surface area contributed by atoms with Crippen LogP contribution in [0, 0.1) is 13.8 Å². The molecule has 0 spiro atoms. The van der Waals surface area contributed by atoms with Crippen molar-refractivity contribution in [2.24, 2.45) is 4.99 Å². The molecule has 0 saturated heterocycles. The van der Waals surface area contributed by atoms with Crippen molar-refractivity contribution < 1.29 is 4.74 Å². The molecule has 0 aliphatic rings. The molecule has 120 valence electrons. The van der Waals surface area contributed by atoms with Crippen LogP contribution in [-0.4, -0.2) is 31.6 Å². The molecular formula is C15H27IN4O. The van der Waals surface area contributed by atoms with Crippen molar-refractivity contribution in [1.29, 1.82) is 0 Å². The Balaban J connectivity index is 0.00000400. The van der Waals surface area contributed by atoms with Crippen molar-refractivity contribution in [2.45, 2.75) is 40.2 Å². The lowest BCUT2D eigenvalue weighted by atomic mass is 10.1. The lowest BCUT2D eigenvalue weighted by molar-refractivity contribution is 0.406. The van der Waals surface area contributed by atoms with Gasteiger partial charge in [0.15, 0.2) is 5.96 Å². The number of pyridine rings is 1. The van der Waals surface area contributed by atoms with Gasteiger partial charge in [0, 0.05) is 30.9 Å². The average molecular weight is 406 g/mol. The molecule has 0 aromatic carbocycles. The number of ether oxygens (including phenoxy) is 1. The highest BCUT2D eigenvalue weighted by atomic mass is 127. The van der Waals surface area contributed by atoms with Crippen molar-refractivity contribution in [3.63, 3.8) is 0 Å². The second kappa shape index (κ2) is 10.6. The number of aromatic nitrogens is 1. The van der Waals surface area contributed by atoms with Crippen LogP contribution >= 0.6 is 24.0 Å². The molecule has 6 heteroatoms. The fourth-order valence-electron chi connectivity index (χ4n) is 2.02. The van der Waals surface area contributed by atoms with Crippen LogP contribution in [0.15, 0.2) is 11.2 Å². The maximum absolute atomic E-state index is 5.42. The first-order valence-corrected chi connectivity index (χ1v) is 7.07. The van der Waals surface area contributed by atoms with E-state index >= 15 is 0 Å². The van der Waals surface area contributed by atoms with Crippen molar-refractivity contribution >= 4 is 29.9 Å². The van der Waals surface area contributed by atoms with Crippen molar-refractivity contribution in [3.8, 4) is 5.75 Å². The minimum atomic E-state index is 0. The maximum atomic E-state index is 5.42. The Labute approximate surface area is 145 Å². The number of halogens is 1. The van der Waals surface area contributed by atoms with E-state index in [0.717, 1.165) is 41.5 Å². The van der Waals surface area contributed by atoms with Crippen LogP contribution in [0.2, 0.25) is 0 Å². The predicted molar refractivity (Wildman–Crippen MR) is 98.8 cm³/mol. The Morgan fingerprint density at radius 2 is 2.05 bits per heavy atom. The number of methoxy groups -OCH3 is 1. The molecule has 0 aliphatic carbocycles. The van der Waals surface area contributed by atoms with Gasteiger partial charge in [0.05, 0.1) is 19.3 Å². The SMILES string of the molecule is CCCCNC(=NC)NCc1ncc(C)c(OC)c1C.I. The number of hydrogen-bond acceptors (Lipinski definition) is 3. The van der Waals surface area contributed by atoms with Gasteiger partial charge < -0.3 is 15.4 Å². The highest BCUT2D eigenvalue weighted by Crippen LogP contribution is 2.23. The Morgan fingerprint density at radius 1 is 1.33 bits per heavy atom. The summed E-state index contributed by atoms with van der Waals surface area (Å²) in [6.45, 7) is 7.77. The van der Waals surface area contributed by atoms with Gasteiger partial charge in [-0.15, -0.1) is 24.0 Å². The lowest BCUT2D eigenvalue weighted by Gasteiger charge is -2.15. The fraction of sp³-hybridized carbons (Fsp3) is 0.600. The van der Waals surface area contributed by atoms with Crippen molar-refractivity contribution in [2.75, 3.05) is 20.7 Å². The van der Waals surface area contributed by atoms with Crippen molar-refractivity contribution in [1.82, 2.24) is 15.6 Å². The average Bonchev–Trinajstić information content (AvgIpc) is 2.45. The Bertz CT molecular complexity index is 463. The molecule has 5 nitrogen and oxygen atoms in total. The van der Waals surface area contributed by atoms with E-state index in [1.165, 1.54) is 6.42 Å². The normalized spacial score (nSPS) is 10.8. The number of nitrogens with zero attached hydrogens (tertiary/aromatic N) is 2. The smallest absolute Gasteiger partial charge is 0.191 e. The number of aryl methyl sites for hydroxylation is 1. The first kappa shape index (κ1) is 19.9. The molecule has 21 heavy (non-hydrogen) atoms. The number of aliphatic imine (C=N–C) groups is 1. The quantitative estimate of drug-likeness (QED) is 0.330. The topological polar surface area (TPSA) is 58.5 Å². The zero-order chi connectivity index (χ0) is 15.0.